The van der Waals surface area contributed by atoms with Crippen molar-refractivity contribution in [1.29, 1.82) is 0 Å². The Labute approximate surface area is 178 Å². The molecular formula is C22H24FN5O3. The molecular weight excluding hydrogens is 401 g/mol. The van der Waals surface area contributed by atoms with Gasteiger partial charge in [0.25, 0.3) is 0 Å². The zero-order valence-electron chi connectivity index (χ0n) is 17.7. The van der Waals surface area contributed by atoms with Gasteiger partial charge in [-0.15, -0.1) is 0 Å². The first-order valence-corrected chi connectivity index (χ1v) is 10.1. The maximum Gasteiger partial charge on any atom is 0.341 e. The van der Waals surface area contributed by atoms with Gasteiger partial charge in [0.1, 0.15) is 11.4 Å². The van der Waals surface area contributed by atoms with Crippen molar-refractivity contribution in [2.75, 3.05) is 36.0 Å². The van der Waals surface area contributed by atoms with E-state index in [2.05, 4.69) is 9.97 Å². The molecule has 1 N–H and O–H groups in total. The van der Waals surface area contributed by atoms with Gasteiger partial charge in [-0.1, -0.05) is 0 Å². The number of hydrogen-bond acceptors (Lipinski definition) is 6. The Bertz CT molecular complexity index is 1200. The molecule has 0 aliphatic carbocycles. The molecule has 1 saturated heterocycles. The van der Waals surface area contributed by atoms with Crippen molar-refractivity contribution in [3.63, 3.8) is 0 Å². The van der Waals surface area contributed by atoms with Gasteiger partial charge in [-0.3, -0.25) is 4.79 Å². The molecule has 0 saturated carbocycles. The number of anilines is 2. The summed E-state index contributed by atoms with van der Waals surface area (Å²) < 4.78 is 16.8. The van der Waals surface area contributed by atoms with Gasteiger partial charge in [0.2, 0.25) is 11.4 Å². The van der Waals surface area contributed by atoms with Crippen molar-refractivity contribution < 1.29 is 14.3 Å². The Kier molecular flexibility index (Phi) is 5.12. The van der Waals surface area contributed by atoms with Crippen molar-refractivity contribution in [3.05, 3.63) is 58.4 Å². The molecule has 1 fully saturated rings. The number of hydrogen-bond donors (Lipinski definition) is 1. The minimum absolute atomic E-state index is 0.0624. The van der Waals surface area contributed by atoms with Gasteiger partial charge in [0.15, 0.2) is 0 Å². The summed E-state index contributed by atoms with van der Waals surface area (Å²) in [5.41, 5.74) is -0.658. The zero-order chi connectivity index (χ0) is 22.3. The third kappa shape index (κ3) is 3.83. The van der Waals surface area contributed by atoms with Gasteiger partial charge in [-0.2, -0.15) is 0 Å². The molecule has 8 nitrogen and oxygen atoms in total. The lowest BCUT2D eigenvalue weighted by Crippen LogP contribution is -2.47. The van der Waals surface area contributed by atoms with Crippen LogP contribution in [0.25, 0.3) is 10.9 Å². The number of carboxylic acids is 1. The van der Waals surface area contributed by atoms with E-state index in [1.54, 1.807) is 29.1 Å². The van der Waals surface area contributed by atoms with Crippen molar-refractivity contribution in [2.24, 2.45) is 0 Å². The summed E-state index contributed by atoms with van der Waals surface area (Å²) in [6, 6.07) is 4.57. The molecule has 2 aromatic heterocycles. The first kappa shape index (κ1) is 20.8. The number of nitrogens with zero attached hydrogens (tertiary/aromatic N) is 5. The van der Waals surface area contributed by atoms with Crippen LogP contribution < -0.4 is 15.2 Å². The van der Waals surface area contributed by atoms with E-state index in [1.165, 1.54) is 6.20 Å². The van der Waals surface area contributed by atoms with Gasteiger partial charge < -0.3 is 19.5 Å². The highest BCUT2D eigenvalue weighted by atomic mass is 19.1. The number of pyridine rings is 1. The largest absolute Gasteiger partial charge is 0.477 e. The number of rotatable bonds is 3. The minimum Gasteiger partial charge on any atom is -0.477 e. The first-order chi connectivity index (χ1) is 14.7. The van der Waals surface area contributed by atoms with E-state index >= 15 is 4.39 Å². The topological polar surface area (TPSA) is 91.6 Å². The summed E-state index contributed by atoms with van der Waals surface area (Å²) in [7, 11) is 0. The highest BCUT2D eigenvalue weighted by Crippen LogP contribution is 2.29. The Morgan fingerprint density at radius 2 is 1.68 bits per heavy atom. The van der Waals surface area contributed by atoms with Gasteiger partial charge >= 0.3 is 5.97 Å². The number of aromatic nitrogens is 3. The van der Waals surface area contributed by atoms with E-state index in [0.717, 1.165) is 6.07 Å². The monoisotopic (exact) mass is 425 g/mol. The van der Waals surface area contributed by atoms with Crippen LogP contribution in [-0.2, 0) is 5.54 Å². The molecule has 0 bridgehead atoms. The van der Waals surface area contributed by atoms with Crippen molar-refractivity contribution in [3.8, 4) is 0 Å². The number of carboxylic acid groups (broad SMARTS) is 1. The van der Waals surface area contributed by atoms with Crippen LogP contribution in [0, 0.1) is 5.82 Å². The lowest BCUT2D eigenvalue weighted by molar-refractivity contribution is 0.0694. The Hall–Kier alpha value is -3.49. The fourth-order valence-corrected chi connectivity index (χ4v) is 3.89. The summed E-state index contributed by atoms with van der Waals surface area (Å²) in [4.78, 5) is 36.8. The van der Waals surface area contributed by atoms with E-state index in [1.807, 2.05) is 30.6 Å². The Balaban J connectivity index is 1.75. The standard InChI is InChI=1S/C22H24FN5O3/c1-22(2,3)28-13-15(20(30)31)19(29)14-11-16(23)18(12-17(14)28)26-7-9-27(10-8-26)21-24-5-4-6-25-21/h4-6,11-13H,7-10H2,1-3H3,(H,30,31). The summed E-state index contributed by atoms with van der Waals surface area (Å²) >= 11 is 0. The second-order valence-electron chi connectivity index (χ2n) is 8.56. The molecule has 0 atom stereocenters. The molecule has 31 heavy (non-hydrogen) atoms. The third-order valence-electron chi connectivity index (χ3n) is 5.48. The molecule has 3 heterocycles. The van der Waals surface area contributed by atoms with Gasteiger partial charge in [-0.25, -0.2) is 19.2 Å². The molecule has 0 radical (unpaired) electrons. The number of fused-ring (bicyclic) bond motifs is 1. The second-order valence-corrected chi connectivity index (χ2v) is 8.56. The van der Waals surface area contributed by atoms with Crippen LogP contribution in [-0.4, -0.2) is 51.8 Å². The molecule has 1 aliphatic rings. The van der Waals surface area contributed by atoms with Crippen molar-refractivity contribution in [2.45, 2.75) is 26.3 Å². The average molecular weight is 425 g/mol. The molecule has 162 valence electrons. The number of piperazine rings is 1. The normalized spacial score (nSPS) is 14.8. The lowest BCUT2D eigenvalue weighted by Gasteiger charge is -2.36. The quantitative estimate of drug-likeness (QED) is 0.690. The lowest BCUT2D eigenvalue weighted by atomic mass is 10.0. The van der Waals surface area contributed by atoms with E-state index < -0.39 is 22.8 Å². The predicted octanol–water partition coefficient (Wildman–Crippen LogP) is 2.71. The molecule has 4 rings (SSSR count). The zero-order valence-corrected chi connectivity index (χ0v) is 17.7. The SMILES string of the molecule is CC(C)(C)n1cc(C(=O)O)c(=O)c2cc(F)c(N3CCN(c4ncccn4)CC3)cc21. The Morgan fingerprint density at radius 1 is 1.06 bits per heavy atom. The average Bonchev–Trinajstić information content (AvgIpc) is 2.73. The summed E-state index contributed by atoms with van der Waals surface area (Å²) in [6.45, 7) is 8.11. The van der Waals surface area contributed by atoms with E-state index in [4.69, 9.17) is 0 Å². The highest BCUT2D eigenvalue weighted by Gasteiger charge is 2.25. The number of benzene rings is 1. The molecule has 3 aromatic rings. The Morgan fingerprint density at radius 3 is 2.26 bits per heavy atom. The second kappa shape index (κ2) is 7.64. The number of halogens is 1. The molecule has 0 spiro atoms. The van der Waals surface area contributed by atoms with Crippen LogP contribution in [0.4, 0.5) is 16.0 Å². The van der Waals surface area contributed by atoms with Crippen molar-refractivity contribution >= 4 is 28.5 Å². The van der Waals surface area contributed by atoms with Crippen LogP contribution >= 0.6 is 0 Å². The maximum atomic E-state index is 15.1. The number of aromatic carboxylic acids is 1. The van der Waals surface area contributed by atoms with Gasteiger partial charge in [0.05, 0.1) is 11.2 Å². The molecule has 1 aromatic carbocycles. The smallest absolute Gasteiger partial charge is 0.341 e. The van der Waals surface area contributed by atoms with E-state index in [-0.39, 0.29) is 10.9 Å². The highest BCUT2D eigenvalue weighted by molar-refractivity contribution is 5.93. The predicted molar refractivity (Wildman–Crippen MR) is 117 cm³/mol. The summed E-state index contributed by atoms with van der Waals surface area (Å²) in [5, 5.41) is 9.49. The first-order valence-electron chi connectivity index (χ1n) is 10.1. The van der Waals surface area contributed by atoms with Gasteiger partial charge in [-0.05, 0) is 39.0 Å². The van der Waals surface area contributed by atoms with Crippen LogP contribution in [0.1, 0.15) is 31.1 Å². The fourth-order valence-electron chi connectivity index (χ4n) is 3.89. The maximum absolute atomic E-state index is 15.1. The molecule has 9 heteroatoms. The molecule has 0 unspecified atom stereocenters. The third-order valence-corrected chi connectivity index (χ3v) is 5.48. The van der Waals surface area contributed by atoms with Crippen LogP contribution in [0.5, 0.6) is 0 Å². The van der Waals surface area contributed by atoms with Crippen LogP contribution in [0.3, 0.4) is 0 Å². The van der Waals surface area contributed by atoms with Crippen LogP contribution in [0.15, 0.2) is 41.6 Å². The summed E-state index contributed by atoms with van der Waals surface area (Å²) in [6.07, 6.45) is 4.73. The fraction of sp³-hybridized carbons (Fsp3) is 0.364. The minimum atomic E-state index is -1.33. The van der Waals surface area contributed by atoms with Crippen LogP contribution in [0.2, 0.25) is 0 Å². The molecule has 1 aliphatic heterocycles. The molecule has 0 amide bonds. The van der Waals surface area contributed by atoms with Crippen molar-refractivity contribution in [1.82, 2.24) is 14.5 Å². The van der Waals surface area contributed by atoms with E-state index in [0.29, 0.717) is 43.3 Å². The number of carbonyl (C=O) groups is 1. The summed E-state index contributed by atoms with van der Waals surface area (Å²) in [5.74, 6) is -1.23. The van der Waals surface area contributed by atoms with Gasteiger partial charge in [0, 0.05) is 55.7 Å². The van der Waals surface area contributed by atoms with E-state index in [9.17, 15) is 14.7 Å².